The summed E-state index contributed by atoms with van der Waals surface area (Å²) in [5, 5.41) is 0. The predicted octanol–water partition coefficient (Wildman–Crippen LogP) is 3.31. The van der Waals surface area contributed by atoms with Crippen molar-refractivity contribution in [2.24, 2.45) is 0 Å². The van der Waals surface area contributed by atoms with Crippen LogP contribution in [0.25, 0.3) is 11.2 Å². The Morgan fingerprint density at radius 3 is 2.48 bits per heavy atom. The number of benzene rings is 1. The number of nitrogens with zero attached hydrogens (tertiary/aromatic N) is 5. The molecule has 0 saturated carbocycles. The number of rotatable bonds is 10. The van der Waals surface area contributed by atoms with Crippen LogP contribution in [0.15, 0.2) is 12.1 Å². The van der Waals surface area contributed by atoms with Gasteiger partial charge in [-0.25, -0.2) is 13.8 Å². The molecule has 0 spiro atoms. The molecule has 0 unspecified atom stereocenters. The van der Waals surface area contributed by atoms with Crippen LogP contribution in [0.4, 0.5) is 20.3 Å². The van der Waals surface area contributed by atoms with Crippen molar-refractivity contribution in [1.29, 1.82) is 0 Å². The van der Waals surface area contributed by atoms with Gasteiger partial charge >= 0.3 is 6.01 Å². The highest BCUT2D eigenvalue weighted by Gasteiger charge is 2.18. The van der Waals surface area contributed by atoms with Gasteiger partial charge in [-0.3, -0.25) is 4.79 Å². The maximum absolute atomic E-state index is 13.7. The van der Waals surface area contributed by atoms with Crippen LogP contribution in [0.5, 0.6) is 6.01 Å². The molecule has 0 aliphatic carbocycles. The van der Waals surface area contributed by atoms with E-state index in [1.165, 1.54) is 4.90 Å². The number of nitrogen functional groups attached to an aromatic ring is 2. The fourth-order valence-electron chi connectivity index (χ4n) is 3.40. The van der Waals surface area contributed by atoms with Gasteiger partial charge in [-0.2, -0.15) is 9.97 Å². The second kappa shape index (κ2) is 10.4. The lowest BCUT2D eigenvalue weighted by Gasteiger charge is -2.18. The smallest absolute Gasteiger partial charge is 0.320 e. The lowest BCUT2D eigenvalue weighted by Crippen LogP contribution is -2.28. The van der Waals surface area contributed by atoms with E-state index in [1.54, 1.807) is 7.05 Å². The van der Waals surface area contributed by atoms with E-state index in [0.29, 0.717) is 43.7 Å². The Bertz CT molecular complexity index is 1130. The molecule has 0 bridgehead atoms. The third kappa shape index (κ3) is 5.47. The number of carbonyl (C=O) groups is 1. The molecule has 178 valence electrons. The number of imidazole rings is 1. The molecule has 0 aliphatic heterocycles. The molecule has 3 rings (SSSR count). The SMILES string of the molecule is CCCCOc1nc(N)c2nc(C)n(CCCCN(C)C(=O)c3cc(F)c(N)c(F)c3)c2n1. The summed E-state index contributed by atoms with van der Waals surface area (Å²) in [6.07, 6.45) is 3.25. The maximum Gasteiger partial charge on any atom is 0.320 e. The number of anilines is 2. The zero-order valence-corrected chi connectivity index (χ0v) is 19.1. The molecule has 1 aromatic carbocycles. The standard InChI is InChI=1S/C22H29F2N7O2/c1-4-5-10-33-22-28-19(26)18-20(29-22)31(13(2)27-18)9-7-6-8-30(3)21(32)14-11-15(23)17(25)16(24)12-14/h11-12H,4-10,25H2,1-3H3,(H2,26,28,29). The van der Waals surface area contributed by atoms with Gasteiger partial charge < -0.3 is 25.7 Å². The molecule has 1 amide bonds. The normalized spacial score (nSPS) is 11.2. The van der Waals surface area contributed by atoms with Gasteiger partial charge in [0.15, 0.2) is 17.0 Å². The van der Waals surface area contributed by atoms with E-state index in [2.05, 4.69) is 21.9 Å². The molecule has 3 aromatic rings. The summed E-state index contributed by atoms with van der Waals surface area (Å²) < 4.78 is 34.9. The van der Waals surface area contributed by atoms with E-state index in [0.717, 1.165) is 30.8 Å². The quantitative estimate of drug-likeness (QED) is 0.350. The zero-order chi connectivity index (χ0) is 24.1. The number of amides is 1. The van der Waals surface area contributed by atoms with Gasteiger partial charge in [-0.05, 0) is 38.3 Å². The number of nitrogens with two attached hydrogens (primary N) is 2. The summed E-state index contributed by atoms with van der Waals surface area (Å²) in [5.41, 5.74) is 11.8. The molecule has 4 N–H and O–H groups in total. The summed E-state index contributed by atoms with van der Waals surface area (Å²) >= 11 is 0. The minimum Gasteiger partial charge on any atom is -0.463 e. The van der Waals surface area contributed by atoms with E-state index in [9.17, 15) is 13.6 Å². The molecule has 9 nitrogen and oxygen atoms in total. The number of halogens is 2. The Balaban J connectivity index is 1.62. The van der Waals surface area contributed by atoms with Gasteiger partial charge in [-0.15, -0.1) is 0 Å². The highest BCUT2D eigenvalue weighted by molar-refractivity contribution is 5.94. The molecular formula is C22H29F2N7O2. The predicted molar refractivity (Wildman–Crippen MR) is 122 cm³/mol. The number of hydrogen-bond acceptors (Lipinski definition) is 7. The first kappa shape index (κ1) is 24.1. The third-order valence-electron chi connectivity index (χ3n) is 5.32. The van der Waals surface area contributed by atoms with E-state index < -0.39 is 23.2 Å². The van der Waals surface area contributed by atoms with Gasteiger partial charge in [0.05, 0.1) is 6.61 Å². The second-order valence-corrected chi connectivity index (χ2v) is 7.86. The van der Waals surface area contributed by atoms with Crippen LogP contribution in [0.1, 0.15) is 48.8 Å². The second-order valence-electron chi connectivity index (χ2n) is 7.86. The Hall–Kier alpha value is -3.50. The Morgan fingerprint density at radius 1 is 1.12 bits per heavy atom. The van der Waals surface area contributed by atoms with Gasteiger partial charge in [0.2, 0.25) is 0 Å². The minimum atomic E-state index is -0.950. The van der Waals surface area contributed by atoms with E-state index in [4.69, 9.17) is 16.2 Å². The molecule has 33 heavy (non-hydrogen) atoms. The Kier molecular flexibility index (Phi) is 7.62. The first-order valence-electron chi connectivity index (χ1n) is 10.9. The van der Waals surface area contributed by atoms with E-state index in [1.807, 2.05) is 11.5 Å². The molecule has 0 saturated heterocycles. The zero-order valence-electron chi connectivity index (χ0n) is 19.1. The van der Waals surface area contributed by atoms with Crippen LogP contribution in [0, 0.1) is 18.6 Å². The number of hydrogen-bond donors (Lipinski definition) is 2. The van der Waals surface area contributed by atoms with Crippen molar-refractivity contribution in [3.8, 4) is 6.01 Å². The topological polar surface area (TPSA) is 125 Å². The van der Waals surface area contributed by atoms with Crippen molar-refractivity contribution < 1.29 is 18.3 Å². The van der Waals surface area contributed by atoms with Crippen LogP contribution in [0.3, 0.4) is 0 Å². The lowest BCUT2D eigenvalue weighted by atomic mass is 10.1. The van der Waals surface area contributed by atoms with Crippen molar-refractivity contribution in [2.45, 2.75) is 46.1 Å². The molecule has 2 heterocycles. The summed E-state index contributed by atoms with van der Waals surface area (Å²) in [6.45, 7) is 5.44. The Morgan fingerprint density at radius 2 is 1.82 bits per heavy atom. The van der Waals surface area contributed by atoms with E-state index in [-0.39, 0.29) is 17.4 Å². The highest BCUT2D eigenvalue weighted by Crippen LogP contribution is 2.22. The fraction of sp³-hybridized carbons (Fsp3) is 0.455. The molecular weight excluding hydrogens is 432 g/mol. The largest absolute Gasteiger partial charge is 0.463 e. The summed E-state index contributed by atoms with van der Waals surface area (Å²) in [4.78, 5) is 27.0. The van der Waals surface area contributed by atoms with Crippen molar-refractivity contribution in [1.82, 2.24) is 24.4 Å². The number of unbranched alkanes of at least 4 members (excludes halogenated alkanes) is 2. The van der Waals surface area contributed by atoms with Crippen molar-refractivity contribution in [3.05, 3.63) is 35.2 Å². The summed E-state index contributed by atoms with van der Waals surface area (Å²) in [6, 6.07) is 2.12. The van der Waals surface area contributed by atoms with Gasteiger partial charge in [0, 0.05) is 25.7 Å². The lowest BCUT2D eigenvalue weighted by molar-refractivity contribution is 0.0791. The number of aryl methyl sites for hydroxylation is 2. The molecule has 11 heteroatoms. The molecule has 0 radical (unpaired) electrons. The van der Waals surface area contributed by atoms with Crippen molar-refractivity contribution in [3.63, 3.8) is 0 Å². The summed E-state index contributed by atoms with van der Waals surface area (Å²) in [5.74, 6) is -1.37. The number of aromatic nitrogens is 4. The van der Waals surface area contributed by atoms with Crippen LogP contribution in [-0.4, -0.2) is 50.5 Å². The molecule has 0 atom stereocenters. The highest BCUT2D eigenvalue weighted by atomic mass is 19.1. The summed E-state index contributed by atoms with van der Waals surface area (Å²) in [7, 11) is 1.58. The number of carbonyl (C=O) groups excluding carboxylic acids is 1. The average Bonchev–Trinajstić information content (AvgIpc) is 3.10. The van der Waals surface area contributed by atoms with Crippen LogP contribution in [0.2, 0.25) is 0 Å². The van der Waals surface area contributed by atoms with E-state index >= 15 is 0 Å². The van der Waals surface area contributed by atoms with Gasteiger partial charge in [0.25, 0.3) is 5.91 Å². The maximum atomic E-state index is 13.7. The monoisotopic (exact) mass is 461 g/mol. The molecule has 0 fully saturated rings. The third-order valence-corrected chi connectivity index (χ3v) is 5.32. The Labute approximate surface area is 190 Å². The van der Waals surface area contributed by atoms with Crippen molar-refractivity contribution in [2.75, 3.05) is 31.7 Å². The first-order valence-corrected chi connectivity index (χ1v) is 10.9. The number of fused-ring (bicyclic) bond motifs is 1. The van der Waals surface area contributed by atoms with Gasteiger partial charge in [-0.1, -0.05) is 13.3 Å². The minimum absolute atomic E-state index is 0.0825. The molecule has 2 aromatic heterocycles. The van der Waals surface area contributed by atoms with Crippen LogP contribution >= 0.6 is 0 Å². The van der Waals surface area contributed by atoms with Gasteiger partial charge in [0.1, 0.15) is 23.1 Å². The molecule has 0 aliphatic rings. The fourth-order valence-corrected chi connectivity index (χ4v) is 3.40. The van der Waals surface area contributed by atoms with Crippen LogP contribution in [-0.2, 0) is 6.54 Å². The van der Waals surface area contributed by atoms with Crippen molar-refractivity contribution >= 4 is 28.6 Å². The first-order chi connectivity index (χ1) is 15.7. The average molecular weight is 462 g/mol. The number of ether oxygens (including phenoxy) is 1. The van der Waals surface area contributed by atoms with Crippen LogP contribution < -0.4 is 16.2 Å².